The molecule has 7 aromatic carbocycles. The van der Waals surface area contributed by atoms with Gasteiger partial charge in [0.1, 0.15) is 29.9 Å². The van der Waals surface area contributed by atoms with Gasteiger partial charge in [-0.25, -0.2) is 9.97 Å². The number of fused-ring (bicyclic) bond motifs is 5. The molecule has 0 aliphatic carbocycles. The van der Waals surface area contributed by atoms with Crippen molar-refractivity contribution in [3.05, 3.63) is 232 Å². The van der Waals surface area contributed by atoms with Crippen molar-refractivity contribution in [1.29, 1.82) is 0 Å². The summed E-state index contributed by atoms with van der Waals surface area (Å²) in [4.78, 5) is 70.4. The lowest BCUT2D eigenvalue weighted by molar-refractivity contribution is -0.123. The maximum atomic E-state index is 12.9. The zero-order valence-electron chi connectivity index (χ0n) is 47.5. The Labute approximate surface area is 510 Å². The monoisotopic (exact) mass is 1240 g/mol. The Kier molecular flexibility index (Phi) is 21.8. The standard InChI is InChI=1S/C27H27ClN4O3.C20H22BrClN2O3.C12H8N2.C7H6N2/c1-17(2)35-25-13-10-19(15-21(25)28)26(33)31-23(27(34)29-3)14-18-8-11-20(12-9-18)32-16-30-22-6-4-5-7-24(22)32;1-12(2)27-18-9-6-14(11-16(18)22)19(25)24-17(20(26)23-3)10-13-4-7-15(21)8-5-13;1-3-9-5-6-10-4-2-8-14-12(10)11(9)13-7-1;1-2-4-7-6(3-1)8-5-9-7/h4-13,15-17,23H,14H2,1-3H3,(H,29,34)(H,31,33);4-9,11-12,17H,10H2,1-3H3,(H,23,26)(H,24,25);1-8H;1-5H,(H,8,9). The lowest BCUT2D eigenvalue weighted by Crippen LogP contribution is -2.47. The maximum absolute atomic E-state index is 12.9. The lowest BCUT2D eigenvalue weighted by Gasteiger charge is -2.18. The zero-order valence-corrected chi connectivity index (χ0v) is 50.6. The molecule has 4 amide bonds. The topological polar surface area (TPSA) is 207 Å². The van der Waals surface area contributed by atoms with Crippen molar-refractivity contribution < 1.29 is 28.7 Å². The highest BCUT2D eigenvalue weighted by Gasteiger charge is 2.24. The second-order valence-corrected chi connectivity index (χ2v) is 21.6. The SMILES string of the molecule is CNC(=O)C(Cc1ccc(-n2cnc3ccccc32)cc1)NC(=O)c1ccc(OC(C)C)c(Cl)c1.CNC(=O)C(Cc1ccc(Br)cc1)NC(=O)c1ccc(OC(C)C)c(Cl)c1.c1ccc2[nH]cnc2c1.c1cnc2c(c1)ccc1cccnc12. The van der Waals surface area contributed by atoms with Gasteiger partial charge in [-0.1, -0.05) is 112 Å². The number of benzene rings is 7. The van der Waals surface area contributed by atoms with Gasteiger partial charge in [0.25, 0.3) is 11.8 Å². The van der Waals surface area contributed by atoms with E-state index in [0.717, 1.165) is 65.2 Å². The Bertz CT molecular complexity index is 3980. The molecule has 5 N–H and O–H groups in total. The van der Waals surface area contributed by atoms with Crippen molar-refractivity contribution in [2.75, 3.05) is 14.1 Å². The number of aromatic nitrogens is 6. The van der Waals surface area contributed by atoms with E-state index >= 15 is 0 Å². The molecular formula is C66H63BrCl2N10O6. The minimum absolute atomic E-state index is 0.0225. The molecule has 4 heterocycles. The number of nitrogens with zero attached hydrogens (tertiary/aromatic N) is 5. The molecule has 0 aliphatic rings. The summed E-state index contributed by atoms with van der Waals surface area (Å²) in [6.45, 7) is 7.59. The van der Waals surface area contributed by atoms with Crippen LogP contribution in [0.2, 0.25) is 10.0 Å². The van der Waals surface area contributed by atoms with Crippen molar-refractivity contribution in [3.8, 4) is 17.2 Å². The number of imidazole rings is 2. The van der Waals surface area contributed by atoms with Crippen LogP contribution < -0.4 is 30.7 Å². The summed E-state index contributed by atoms with van der Waals surface area (Å²) in [6, 6.07) is 51.6. The highest BCUT2D eigenvalue weighted by molar-refractivity contribution is 9.10. The first-order valence-electron chi connectivity index (χ1n) is 27.3. The minimum atomic E-state index is -0.752. The Morgan fingerprint density at radius 2 is 1.04 bits per heavy atom. The molecular weight excluding hydrogens is 1180 g/mol. The predicted octanol–water partition coefficient (Wildman–Crippen LogP) is 12.9. The number of carbonyl (C=O) groups is 4. The number of hydrogen-bond donors (Lipinski definition) is 5. The number of halogens is 3. The van der Waals surface area contributed by atoms with E-state index in [0.29, 0.717) is 45.5 Å². The molecule has 2 unspecified atom stereocenters. The van der Waals surface area contributed by atoms with Crippen molar-refractivity contribution in [1.82, 2.24) is 50.8 Å². The molecule has 0 aliphatic heterocycles. The highest BCUT2D eigenvalue weighted by atomic mass is 79.9. The fourth-order valence-corrected chi connectivity index (χ4v) is 9.56. The van der Waals surface area contributed by atoms with Crippen LogP contribution in [0, 0.1) is 0 Å². The summed E-state index contributed by atoms with van der Waals surface area (Å²) in [5.74, 6) is -0.296. The van der Waals surface area contributed by atoms with Crippen molar-refractivity contribution in [3.63, 3.8) is 0 Å². The van der Waals surface area contributed by atoms with Gasteiger partial charge in [0.15, 0.2) is 0 Å². The van der Waals surface area contributed by atoms with E-state index in [1.165, 1.54) is 13.1 Å². The number of amides is 4. The molecule has 16 nitrogen and oxygen atoms in total. The molecule has 0 saturated carbocycles. The smallest absolute Gasteiger partial charge is 0.251 e. The summed E-state index contributed by atoms with van der Waals surface area (Å²) >= 11 is 15.9. The van der Waals surface area contributed by atoms with Crippen LogP contribution in [0.4, 0.5) is 0 Å². The van der Waals surface area contributed by atoms with Gasteiger partial charge in [0.05, 0.1) is 61.7 Å². The second-order valence-electron chi connectivity index (χ2n) is 19.8. The lowest BCUT2D eigenvalue weighted by atomic mass is 10.0. The number of hydrogen-bond acceptors (Lipinski definition) is 10. The Balaban J connectivity index is 0.000000164. The number of para-hydroxylation sites is 4. The molecule has 0 radical (unpaired) electrons. The van der Waals surface area contributed by atoms with E-state index < -0.39 is 18.0 Å². The molecule has 85 heavy (non-hydrogen) atoms. The largest absolute Gasteiger partial charge is 0.489 e. The van der Waals surface area contributed by atoms with Crippen molar-refractivity contribution in [2.24, 2.45) is 0 Å². The molecule has 0 saturated heterocycles. The van der Waals surface area contributed by atoms with Gasteiger partial charge in [-0.2, -0.15) is 0 Å². The summed E-state index contributed by atoms with van der Waals surface area (Å²) in [6.07, 6.45) is 7.74. The fourth-order valence-electron chi connectivity index (χ4n) is 8.84. The molecule has 4 aromatic heterocycles. The summed E-state index contributed by atoms with van der Waals surface area (Å²) in [5, 5.41) is 13.8. The molecule has 0 bridgehead atoms. The first-order valence-corrected chi connectivity index (χ1v) is 28.8. The maximum Gasteiger partial charge on any atom is 0.251 e. The third-order valence-corrected chi connectivity index (χ3v) is 14.1. The Morgan fingerprint density at radius 1 is 0.553 bits per heavy atom. The normalized spacial score (nSPS) is 11.5. The molecule has 0 fully saturated rings. The van der Waals surface area contributed by atoms with Gasteiger partial charge in [-0.05, 0) is 136 Å². The molecule has 11 rings (SSSR count). The Hall–Kier alpha value is -9.16. The van der Waals surface area contributed by atoms with E-state index in [1.54, 1.807) is 62.4 Å². The number of H-pyrrole nitrogens is 1. The van der Waals surface area contributed by atoms with Crippen LogP contribution in [0.25, 0.3) is 49.6 Å². The van der Waals surface area contributed by atoms with E-state index in [9.17, 15) is 19.2 Å². The van der Waals surface area contributed by atoms with Gasteiger partial charge in [-0.3, -0.25) is 33.7 Å². The number of likely N-dealkylation sites (N-methyl/N-ethyl adjacent to an activating group) is 2. The van der Waals surface area contributed by atoms with Gasteiger partial charge in [-0.15, -0.1) is 0 Å². The number of nitrogens with one attached hydrogen (secondary N) is 5. The minimum Gasteiger partial charge on any atom is -0.489 e. The first-order chi connectivity index (χ1) is 41.1. The summed E-state index contributed by atoms with van der Waals surface area (Å²) in [5.41, 5.74) is 9.52. The van der Waals surface area contributed by atoms with Crippen LogP contribution in [0.3, 0.4) is 0 Å². The average molecular weight is 1240 g/mol. The van der Waals surface area contributed by atoms with Crippen LogP contribution >= 0.6 is 39.1 Å². The summed E-state index contributed by atoms with van der Waals surface area (Å²) in [7, 11) is 3.08. The summed E-state index contributed by atoms with van der Waals surface area (Å²) < 4.78 is 14.2. The fraction of sp³-hybridized carbons (Fsp3) is 0.182. The number of ether oxygens (including phenoxy) is 2. The van der Waals surface area contributed by atoms with Crippen LogP contribution in [-0.4, -0.2) is 91.5 Å². The second kappa shape index (κ2) is 29.9. The van der Waals surface area contributed by atoms with Crippen molar-refractivity contribution >= 4 is 107 Å². The quantitative estimate of drug-likeness (QED) is 0.0614. The van der Waals surface area contributed by atoms with Crippen molar-refractivity contribution in [2.45, 2.75) is 64.8 Å². The highest BCUT2D eigenvalue weighted by Crippen LogP contribution is 2.29. The van der Waals surface area contributed by atoms with Gasteiger partial charge >= 0.3 is 0 Å². The molecule has 19 heteroatoms. The van der Waals surface area contributed by atoms with Crippen LogP contribution in [0.5, 0.6) is 11.5 Å². The predicted molar refractivity (Wildman–Crippen MR) is 341 cm³/mol. The third-order valence-electron chi connectivity index (χ3n) is 13.0. The average Bonchev–Trinajstić information content (AvgIpc) is 4.36. The van der Waals surface area contributed by atoms with Gasteiger partial charge in [0, 0.05) is 71.4 Å². The van der Waals surface area contributed by atoms with E-state index in [2.05, 4.69) is 86.4 Å². The molecule has 11 aromatic rings. The zero-order chi connectivity index (χ0) is 60.4. The number of carbonyl (C=O) groups excluding carboxylic acids is 4. The third kappa shape index (κ3) is 17.0. The molecule has 434 valence electrons. The first kappa shape index (κ1) is 61.9. The van der Waals surface area contributed by atoms with E-state index in [4.69, 9.17) is 32.7 Å². The molecule has 0 spiro atoms. The van der Waals surface area contributed by atoms with Crippen LogP contribution in [0.15, 0.2) is 199 Å². The van der Waals surface area contributed by atoms with Gasteiger partial charge in [0.2, 0.25) is 11.8 Å². The van der Waals surface area contributed by atoms with Crippen LogP contribution in [0.1, 0.15) is 59.5 Å². The Morgan fingerprint density at radius 3 is 1.52 bits per heavy atom. The number of pyridine rings is 2. The van der Waals surface area contributed by atoms with Crippen LogP contribution in [-0.2, 0) is 22.4 Å². The van der Waals surface area contributed by atoms with Gasteiger partial charge < -0.3 is 35.7 Å². The number of aromatic amines is 1. The van der Waals surface area contributed by atoms with E-state index in [1.807, 2.05) is 141 Å². The van der Waals surface area contributed by atoms with E-state index in [-0.39, 0.29) is 29.9 Å². The molecule has 2 atom stereocenters. The number of rotatable bonds is 15.